The van der Waals surface area contributed by atoms with Crippen molar-refractivity contribution in [3.63, 3.8) is 0 Å². The Hall–Kier alpha value is -2.21. The minimum Gasteiger partial charge on any atom is -0.478 e. The van der Waals surface area contributed by atoms with E-state index in [9.17, 15) is 18.0 Å². The Morgan fingerprint density at radius 3 is 2.41 bits per heavy atom. The summed E-state index contributed by atoms with van der Waals surface area (Å²) in [7, 11) is 0. The maximum absolute atomic E-state index is 14.0. The second-order valence-corrected chi connectivity index (χ2v) is 5.75. The van der Waals surface area contributed by atoms with E-state index >= 15 is 0 Å². The van der Waals surface area contributed by atoms with Crippen LogP contribution in [0.15, 0.2) is 41.3 Å². The van der Waals surface area contributed by atoms with E-state index in [1.54, 1.807) is 12.1 Å². The van der Waals surface area contributed by atoms with Gasteiger partial charge in [-0.05, 0) is 29.3 Å². The van der Waals surface area contributed by atoms with E-state index in [1.807, 2.05) is 0 Å². The van der Waals surface area contributed by atoms with Crippen molar-refractivity contribution in [3.05, 3.63) is 70.5 Å². The molecular formula is C16H9F3O2S. The highest BCUT2D eigenvalue weighted by Gasteiger charge is 2.22. The van der Waals surface area contributed by atoms with Gasteiger partial charge in [0.05, 0.1) is 11.1 Å². The van der Waals surface area contributed by atoms with Crippen LogP contribution in [0.1, 0.15) is 21.5 Å². The number of hydrogen-bond acceptors (Lipinski definition) is 2. The van der Waals surface area contributed by atoms with Crippen LogP contribution in [0.2, 0.25) is 0 Å². The predicted molar refractivity (Wildman–Crippen MR) is 77.5 cm³/mol. The van der Waals surface area contributed by atoms with Crippen molar-refractivity contribution >= 4 is 23.3 Å². The standard InChI is InChI=1S/C16H9F3O2S/c17-9-6-12(18)15(13(19)7-9)10-3-4-22-14-2-1-8(16(20)21)5-11(10)14/h1-3,5-7H,4H2,(H,20,21). The maximum atomic E-state index is 14.0. The molecule has 0 aromatic heterocycles. The second-order valence-electron chi connectivity index (χ2n) is 4.69. The number of aromatic carboxylic acids is 1. The van der Waals surface area contributed by atoms with Gasteiger partial charge in [0.15, 0.2) is 0 Å². The van der Waals surface area contributed by atoms with Crippen LogP contribution in [0.5, 0.6) is 0 Å². The van der Waals surface area contributed by atoms with E-state index in [0.717, 1.165) is 4.90 Å². The van der Waals surface area contributed by atoms with Gasteiger partial charge in [-0.1, -0.05) is 6.08 Å². The minimum atomic E-state index is -1.13. The van der Waals surface area contributed by atoms with Crippen LogP contribution in [0.4, 0.5) is 13.2 Å². The molecule has 1 aliphatic heterocycles. The highest BCUT2D eigenvalue weighted by atomic mass is 32.2. The SMILES string of the molecule is O=C(O)c1ccc2c(c1)C(c1c(F)cc(F)cc1F)=CCS2. The molecule has 0 aliphatic carbocycles. The van der Waals surface area contributed by atoms with Crippen LogP contribution in [-0.2, 0) is 0 Å². The molecular weight excluding hydrogens is 313 g/mol. The lowest BCUT2D eigenvalue weighted by atomic mass is 9.95. The number of thioether (sulfide) groups is 1. The quantitative estimate of drug-likeness (QED) is 0.894. The fourth-order valence-electron chi connectivity index (χ4n) is 2.36. The van der Waals surface area contributed by atoms with Crippen LogP contribution in [-0.4, -0.2) is 16.8 Å². The molecule has 3 rings (SSSR count). The van der Waals surface area contributed by atoms with Gasteiger partial charge >= 0.3 is 5.97 Å². The van der Waals surface area contributed by atoms with E-state index in [2.05, 4.69) is 0 Å². The fraction of sp³-hybridized carbons (Fsp3) is 0.0625. The minimum absolute atomic E-state index is 0.0232. The molecule has 0 bridgehead atoms. The van der Waals surface area contributed by atoms with E-state index in [4.69, 9.17) is 5.11 Å². The molecule has 22 heavy (non-hydrogen) atoms. The summed E-state index contributed by atoms with van der Waals surface area (Å²) in [6, 6.07) is 5.64. The van der Waals surface area contributed by atoms with E-state index in [1.165, 1.54) is 23.9 Å². The number of hydrogen-bond donors (Lipinski definition) is 1. The second kappa shape index (κ2) is 5.53. The summed E-state index contributed by atoms with van der Waals surface area (Å²) < 4.78 is 41.1. The lowest BCUT2D eigenvalue weighted by Gasteiger charge is -2.19. The Kier molecular flexibility index (Phi) is 3.70. The summed E-state index contributed by atoms with van der Waals surface area (Å²) in [6.45, 7) is 0. The van der Waals surface area contributed by atoms with Gasteiger partial charge in [0.1, 0.15) is 17.5 Å². The number of rotatable bonds is 2. The summed E-state index contributed by atoms with van der Waals surface area (Å²) in [4.78, 5) is 11.8. The summed E-state index contributed by atoms with van der Waals surface area (Å²) in [6.07, 6.45) is 1.61. The highest BCUT2D eigenvalue weighted by molar-refractivity contribution is 7.99. The Labute approximate surface area is 128 Å². The third-order valence-corrected chi connectivity index (χ3v) is 4.32. The van der Waals surface area contributed by atoms with Crippen LogP contribution < -0.4 is 0 Å². The number of halogens is 3. The number of fused-ring (bicyclic) bond motifs is 1. The zero-order valence-electron chi connectivity index (χ0n) is 11.1. The average molecular weight is 322 g/mol. The Balaban J connectivity index is 2.21. The van der Waals surface area contributed by atoms with Gasteiger partial charge < -0.3 is 5.11 Å². The first-order valence-corrected chi connectivity index (χ1v) is 7.31. The first-order chi connectivity index (χ1) is 10.5. The van der Waals surface area contributed by atoms with Crippen molar-refractivity contribution in [1.29, 1.82) is 0 Å². The van der Waals surface area contributed by atoms with Gasteiger partial charge in [-0.15, -0.1) is 11.8 Å². The monoisotopic (exact) mass is 322 g/mol. The molecule has 2 nitrogen and oxygen atoms in total. The van der Waals surface area contributed by atoms with Crippen molar-refractivity contribution in [1.82, 2.24) is 0 Å². The van der Waals surface area contributed by atoms with Gasteiger partial charge in [0, 0.05) is 22.8 Å². The lowest BCUT2D eigenvalue weighted by molar-refractivity contribution is 0.0696. The first kappa shape index (κ1) is 14.7. The molecule has 0 amide bonds. The summed E-state index contributed by atoms with van der Waals surface area (Å²) in [5.41, 5.74) is 0.355. The zero-order valence-corrected chi connectivity index (χ0v) is 11.9. The average Bonchev–Trinajstić information content (AvgIpc) is 2.45. The smallest absolute Gasteiger partial charge is 0.335 e. The largest absolute Gasteiger partial charge is 0.478 e. The van der Waals surface area contributed by atoms with Crippen LogP contribution in [0.3, 0.4) is 0 Å². The first-order valence-electron chi connectivity index (χ1n) is 6.33. The molecule has 2 aromatic carbocycles. The normalized spacial score (nSPS) is 13.5. The fourth-order valence-corrected chi connectivity index (χ4v) is 3.28. The predicted octanol–water partition coefficient (Wildman–Crippen LogP) is 4.34. The van der Waals surface area contributed by atoms with Crippen LogP contribution in [0, 0.1) is 17.5 Å². The van der Waals surface area contributed by atoms with Gasteiger partial charge in [0.25, 0.3) is 0 Å². The van der Waals surface area contributed by atoms with E-state index in [0.29, 0.717) is 23.4 Å². The van der Waals surface area contributed by atoms with E-state index < -0.39 is 23.4 Å². The topological polar surface area (TPSA) is 37.3 Å². The van der Waals surface area contributed by atoms with Gasteiger partial charge in [-0.25, -0.2) is 18.0 Å². The van der Waals surface area contributed by atoms with Crippen LogP contribution in [0.25, 0.3) is 5.57 Å². The molecule has 2 aromatic rings. The number of benzene rings is 2. The molecule has 6 heteroatoms. The van der Waals surface area contributed by atoms with Crippen molar-refractivity contribution in [2.45, 2.75) is 4.90 Å². The summed E-state index contributed by atoms with van der Waals surface area (Å²) >= 11 is 1.43. The molecule has 0 spiro atoms. The van der Waals surface area contributed by atoms with Gasteiger partial charge in [-0.2, -0.15) is 0 Å². The van der Waals surface area contributed by atoms with E-state index in [-0.39, 0.29) is 16.7 Å². The number of carboxylic acids is 1. The van der Waals surface area contributed by atoms with Crippen molar-refractivity contribution in [3.8, 4) is 0 Å². The molecule has 0 saturated carbocycles. The molecule has 0 atom stereocenters. The summed E-state index contributed by atoms with van der Waals surface area (Å²) in [5.74, 6) is -3.66. The third-order valence-electron chi connectivity index (χ3n) is 3.32. The zero-order chi connectivity index (χ0) is 15.9. The number of carbonyl (C=O) groups is 1. The van der Waals surface area contributed by atoms with Crippen molar-refractivity contribution in [2.24, 2.45) is 0 Å². The third kappa shape index (κ3) is 2.50. The molecule has 0 saturated heterocycles. The molecule has 0 unspecified atom stereocenters. The Morgan fingerprint density at radius 1 is 1.09 bits per heavy atom. The lowest BCUT2D eigenvalue weighted by Crippen LogP contribution is -2.05. The van der Waals surface area contributed by atoms with Gasteiger partial charge in [0.2, 0.25) is 0 Å². The molecule has 1 N–H and O–H groups in total. The van der Waals surface area contributed by atoms with Crippen LogP contribution >= 0.6 is 11.8 Å². The van der Waals surface area contributed by atoms with Gasteiger partial charge in [-0.3, -0.25) is 0 Å². The Morgan fingerprint density at radius 2 is 1.77 bits per heavy atom. The maximum Gasteiger partial charge on any atom is 0.335 e. The van der Waals surface area contributed by atoms with Crippen molar-refractivity contribution < 1.29 is 23.1 Å². The highest BCUT2D eigenvalue weighted by Crippen LogP contribution is 2.39. The molecule has 0 fully saturated rings. The molecule has 1 heterocycles. The molecule has 0 radical (unpaired) electrons. The molecule has 1 aliphatic rings. The molecule has 112 valence electrons. The summed E-state index contributed by atoms with van der Waals surface area (Å²) in [5, 5.41) is 9.06. The van der Waals surface area contributed by atoms with Crippen molar-refractivity contribution in [2.75, 3.05) is 5.75 Å². The number of carboxylic acid groups (broad SMARTS) is 1. The Bertz CT molecular complexity index is 792.